The molecular formula is C12H10FN3O3. The van der Waals surface area contributed by atoms with Crippen LogP contribution in [0.2, 0.25) is 0 Å². The number of aromatic amines is 1. The van der Waals surface area contributed by atoms with Gasteiger partial charge in [0.15, 0.2) is 0 Å². The predicted octanol–water partition coefficient (Wildman–Crippen LogP) is 0.434. The van der Waals surface area contributed by atoms with Gasteiger partial charge in [-0.25, -0.2) is 14.2 Å². The standard InChI is InChI=1S/C12H10FN3O3/c13-9-7-16(12(19)15-10(9)17)11(18)14-6-8-4-2-1-3-5-8/h1-5,7H,6H2,(H,14,18)(H,15,17,19). The van der Waals surface area contributed by atoms with E-state index in [0.717, 1.165) is 5.56 Å². The molecule has 1 aromatic carbocycles. The van der Waals surface area contributed by atoms with Crippen molar-refractivity contribution >= 4 is 6.03 Å². The summed E-state index contributed by atoms with van der Waals surface area (Å²) in [5, 5.41) is 2.44. The molecule has 0 radical (unpaired) electrons. The van der Waals surface area contributed by atoms with E-state index in [-0.39, 0.29) is 6.54 Å². The van der Waals surface area contributed by atoms with Crippen LogP contribution in [0.3, 0.4) is 0 Å². The highest BCUT2D eigenvalue weighted by Gasteiger charge is 2.10. The van der Waals surface area contributed by atoms with Crippen molar-refractivity contribution in [1.29, 1.82) is 0 Å². The van der Waals surface area contributed by atoms with Crippen LogP contribution in [0.15, 0.2) is 46.1 Å². The van der Waals surface area contributed by atoms with Crippen LogP contribution in [-0.4, -0.2) is 15.6 Å². The number of nitrogens with one attached hydrogen (secondary N) is 2. The number of benzene rings is 1. The summed E-state index contributed by atoms with van der Waals surface area (Å²) in [7, 11) is 0. The van der Waals surface area contributed by atoms with E-state index < -0.39 is 23.1 Å². The number of aromatic nitrogens is 2. The molecule has 1 heterocycles. The van der Waals surface area contributed by atoms with Gasteiger partial charge in [0.25, 0.3) is 5.56 Å². The van der Waals surface area contributed by atoms with Crippen LogP contribution in [0.25, 0.3) is 0 Å². The zero-order chi connectivity index (χ0) is 13.8. The molecule has 0 spiro atoms. The summed E-state index contributed by atoms with van der Waals surface area (Å²) in [6.45, 7) is 0.187. The fourth-order valence-corrected chi connectivity index (χ4v) is 1.46. The van der Waals surface area contributed by atoms with Crippen LogP contribution in [0, 0.1) is 5.82 Å². The van der Waals surface area contributed by atoms with Gasteiger partial charge >= 0.3 is 11.7 Å². The van der Waals surface area contributed by atoms with E-state index in [9.17, 15) is 18.8 Å². The van der Waals surface area contributed by atoms with Gasteiger partial charge in [-0.1, -0.05) is 30.3 Å². The maximum absolute atomic E-state index is 13.0. The van der Waals surface area contributed by atoms with Crippen molar-refractivity contribution in [2.24, 2.45) is 0 Å². The molecule has 19 heavy (non-hydrogen) atoms. The van der Waals surface area contributed by atoms with E-state index in [1.165, 1.54) is 0 Å². The number of rotatable bonds is 2. The van der Waals surface area contributed by atoms with Crippen molar-refractivity contribution < 1.29 is 9.18 Å². The highest BCUT2D eigenvalue weighted by molar-refractivity contribution is 5.76. The van der Waals surface area contributed by atoms with Gasteiger partial charge in [0.1, 0.15) is 0 Å². The van der Waals surface area contributed by atoms with Gasteiger partial charge < -0.3 is 5.32 Å². The second-order valence-electron chi connectivity index (χ2n) is 3.75. The molecule has 6 nitrogen and oxygen atoms in total. The molecule has 98 valence electrons. The molecule has 0 fully saturated rings. The maximum atomic E-state index is 13.0. The quantitative estimate of drug-likeness (QED) is 0.824. The summed E-state index contributed by atoms with van der Waals surface area (Å²) in [6, 6.07) is 8.19. The van der Waals surface area contributed by atoms with E-state index in [1.807, 2.05) is 6.07 Å². The highest BCUT2D eigenvalue weighted by Crippen LogP contribution is 1.97. The zero-order valence-electron chi connectivity index (χ0n) is 9.72. The van der Waals surface area contributed by atoms with E-state index >= 15 is 0 Å². The molecule has 0 bridgehead atoms. The van der Waals surface area contributed by atoms with Crippen molar-refractivity contribution in [1.82, 2.24) is 14.9 Å². The average molecular weight is 263 g/mol. The highest BCUT2D eigenvalue weighted by atomic mass is 19.1. The van der Waals surface area contributed by atoms with E-state index in [0.29, 0.717) is 10.8 Å². The SMILES string of the molecule is O=C(NCc1ccccc1)n1cc(F)c(=O)[nH]c1=O. The Morgan fingerprint density at radius 3 is 2.63 bits per heavy atom. The predicted molar refractivity (Wildman–Crippen MR) is 65.4 cm³/mol. The van der Waals surface area contributed by atoms with Crippen molar-refractivity contribution in [3.8, 4) is 0 Å². The van der Waals surface area contributed by atoms with E-state index in [1.54, 1.807) is 29.2 Å². The fraction of sp³-hybridized carbons (Fsp3) is 0.0833. The minimum absolute atomic E-state index is 0.187. The Bertz CT molecular complexity index is 706. The maximum Gasteiger partial charge on any atom is 0.336 e. The third kappa shape index (κ3) is 2.95. The lowest BCUT2D eigenvalue weighted by Crippen LogP contribution is -2.40. The largest absolute Gasteiger partial charge is 0.336 e. The van der Waals surface area contributed by atoms with Gasteiger partial charge in [-0.2, -0.15) is 4.39 Å². The van der Waals surface area contributed by atoms with Crippen LogP contribution < -0.4 is 16.6 Å². The number of carbonyl (C=O) groups is 1. The third-order valence-electron chi connectivity index (χ3n) is 2.40. The summed E-state index contributed by atoms with van der Waals surface area (Å²) < 4.78 is 13.5. The van der Waals surface area contributed by atoms with Crippen molar-refractivity contribution in [2.45, 2.75) is 6.54 Å². The third-order valence-corrected chi connectivity index (χ3v) is 2.40. The first-order valence-corrected chi connectivity index (χ1v) is 5.41. The summed E-state index contributed by atoms with van der Waals surface area (Å²) >= 11 is 0. The van der Waals surface area contributed by atoms with Crippen LogP contribution in [0.5, 0.6) is 0 Å². The second kappa shape index (κ2) is 5.30. The topological polar surface area (TPSA) is 84.0 Å². The van der Waals surface area contributed by atoms with Gasteiger partial charge in [-0.15, -0.1) is 0 Å². The number of nitrogens with zero attached hydrogens (tertiary/aromatic N) is 1. The molecule has 0 unspecified atom stereocenters. The van der Waals surface area contributed by atoms with E-state index in [2.05, 4.69) is 5.32 Å². The Morgan fingerprint density at radius 1 is 1.26 bits per heavy atom. The molecule has 2 aromatic rings. The zero-order valence-corrected chi connectivity index (χ0v) is 9.72. The number of H-pyrrole nitrogens is 1. The normalized spacial score (nSPS) is 10.2. The first-order valence-electron chi connectivity index (χ1n) is 5.41. The molecule has 0 saturated heterocycles. The lowest BCUT2D eigenvalue weighted by molar-refractivity contribution is 0.240. The van der Waals surface area contributed by atoms with Crippen molar-refractivity contribution in [2.75, 3.05) is 0 Å². The Morgan fingerprint density at radius 2 is 1.95 bits per heavy atom. The molecule has 0 aliphatic heterocycles. The fourth-order valence-electron chi connectivity index (χ4n) is 1.46. The van der Waals surface area contributed by atoms with Gasteiger partial charge in [0.2, 0.25) is 5.82 Å². The van der Waals surface area contributed by atoms with Crippen LogP contribution in [0.1, 0.15) is 5.56 Å². The van der Waals surface area contributed by atoms with Crippen LogP contribution in [-0.2, 0) is 6.54 Å². The molecule has 0 atom stereocenters. The monoisotopic (exact) mass is 263 g/mol. The van der Waals surface area contributed by atoms with E-state index in [4.69, 9.17) is 0 Å². The molecule has 7 heteroatoms. The minimum atomic E-state index is -1.20. The molecule has 0 saturated carbocycles. The van der Waals surface area contributed by atoms with Crippen molar-refractivity contribution in [3.63, 3.8) is 0 Å². The Kier molecular flexibility index (Phi) is 3.56. The van der Waals surface area contributed by atoms with Crippen LogP contribution in [0.4, 0.5) is 9.18 Å². The Balaban J connectivity index is 2.15. The number of hydrogen-bond acceptors (Lipinski definition) is 3. The minimum Gasteiger partial charge on any atom is -0.333 e. The number of hydrogen-bond donors (Lipinski definition) is 2. The van der Waals surface area contributed by atoms with Gasteiger partial charge in [-0.3, -0.25) is 9.78 Å². The van der Waals surface area contributed by atoms with Gasteiger partial charge in [-0.05, 0) is 5.56 Å². The molecule has 1 amide bonds. The molecule has 1 aromatic heterocycles. The lowest BCUT2D eigenvalue weighted by atomic mass is 10.2. The summed E-state index contributed by atoms with van der Waals surface area (Å²) in [5.41, 5.74) is -1.32. The molecular weight excluding hydrogens is 253 g/mol. The Hall–Kier alpha value is -2.70. The number of amides is 1. The molecule has 0 aliphatic carbocycles. The first kappa shape index (κ1) is 12.7. The van der Waals surface area contributed by atoms with Gasteiger partial charge in [0.05, 0.1) is 6.20 Å². The average Bonchev–Trinajstić information content (AvgIpc) is 2.41. The second-order valence-corrected chi connectivity index (χ2v) is 3.75. The number of halogens is 1. The molecule has 2 N–H and O–H groups in total. The summed E-state index contributed by atoms with van der Waals surface area (Å²) in [5.74, 6) is -1.20. The summed E-state index contributed by atoms with van der Waals surface area (Å²) in [6.07, 6.45) is 0.557. The first-order chi connectivity index (χ1) is 9.08. The van der Waals surface area contributed by atoms with Gasteiger partial charge in [0, 0.05) is 6.54 Å². The summed E-state index contributed by atoms with van der Waals surface area (Å²) in [4.78, 5) is 35.5. The Labute approximate surface area is 106 Å². The lowest BCUT2D eigenvalue weighted by Gasteiger charge is -2.06. The molecule has 2 rings (SSSR count). The smallest absolute Gasteiger partial charge is 0.333 e. The van der Waals surface area contributed by atoms with Crippen molar-refractivity contribution in [3.05, 3.63) is 68.7 Å². The molecule has 0 aliphatic rings. The van der Waals surface area contributed by atoms with Crippen LogP contribution >= 0.6 is 0 Å². The number of carbonyl (C=O) groups excluding carboxylic acids is 1.